The van der Waals surface area contributed by atoms with Crippen LogP contribution in [0.1, 0.15) is 49.7 Å². The van der Waals surface area contributed by atoms with Crippen LogP contribution >= 0.6 is 0 Å². The van der Waals surface area contributed by atoms with Gasteiger partial charge in [0.15, 0.2) is 23.4 Å². The van der Waals surface area contributed by atoms with Gasteiger partial charge in [-0.2, -0.15) is 0 Å². The minimum Gasteiger partial charge on any atom is -0.504 e. The average molecular weight is 355 g/mol. The van der Waals surface area contributed by atoms with Crippen LogP contribution in [0, 0.1) is 5.92 Å². The van der Waals surface area contributed by atoms with Crippen LogP contribution in [0.4, 0.5) is 0 Å². The summed E-state index contributed by atoms with van der Waals surface area (Å²) in [6.45, 7) is 1.95. The van der Waals surface area contributed by atoms with E-state index in [4.69, 9.17) is 4.74 Å². The van der Waals surface area contributed by atoms with Crippen LogP contribution in [-0.4, -0.2) is 51.7 Å². The van der Waals surface area contributed by atoms with E-state index in [1.807, 2.05) is 6.07 Å². The lowest BCUT2D eigenvalue weighted by atomic mass is 9.49. The van der Waals surface area contributed by atoms with Gasteiger partial charge in [-0.25, -0.2) is 0 Å². The van der Waals surface area contributed by atoms with E-state index in [2.05, 4.69) is 4.90 Å². The Morgan fingerprint density at radius 2 is 2.12 bits per heavy atom. The minimum atomic E-state index is -0.945. The maximum absolute atomic E-state index is 12.8. The first-order chi connectivity index (χ1) is 12.5. The predicted molar refractivity (Wildman–Crippen MR) is 94.4 cm³/mol. The van der Waals surface area contributed by atoms with Gasteiger partial charge in [-0.05, 0) is 56.2 Å². The van der Waals surface area contributed by atoms with Gasteiger partial charge in [0.2, 0.25) is 0 Å². The molecule has 2 N–H and O–H groups in total. The molecule has 2 saturated carbocycles. The van der Waals surface area contributed by atoms with E-state index in [-0.39, 0.29) is 17.6 Å². The third kappa shape index (κ3) is 1.59. The summed E-state index contributed by atoms with van der Waals surface area (Å²) in [5, 5.41) is 22.4. The molecule has 2 heterocycles. The van der Waals surface area contributed by atoms with Crippen molar-refractivity contribution in [3.05, 3.63) is 23.3 Å². The average Bonchev–Trinajstić information content (AvgIpc) is 2.93. The molecule has 5 heteroatoms. The number of phenols is 1. The molecule has 138 valence electrons. The highest BCUT2D eigenvalue weighted by atomic mass is 16.5. The number of Topliss-reactive ketones (excluding diaryl/α,β-unsaturated/α-hetero) is 1. The summed E-state index contributed by atoms with van der Waals surface area (Å²) in [5.41, 5.74) is 0.449. The maximum Gasteiger partial charge on any atom is 0.174 e. The van der Waals surface area contributed by atoms with Crippen molar-refractivity contribution in [2.45, 2.75) is 68.1 Å². The van der Waals surface area contributed by atoms with Crippen molar-refractivity contribution >= 4 is 5.78 Å². The minimum absolute atomic E-state index is 0.0408. The molecule has 1 saturated heterocycles. The Hall–Kier alpha value is -1.59. The zero-order valence-corrected chi connectivity index (χ0v) is 14.9. The van der Waals surface area contributed by atoms with Gasteiger partial charge in [0.05, 0.1) is 11.0 Å². The van der Waals surface area contributed by atoms with Crippen LogP contribution in [0.15, 0.2) is 12.1 Å². The highest BCUT2D eigenvalue weighted by Gasteiger charge is 2.73. The molecule has 3 aliphatic carbocycles. The van der Waals surface area contributed by atoms with Crippen molar-refractivity contribution < 1.29 is 19.7 Å². The van der Waals surface area contributed by atoms with Crippen LogP contribution in [0.25, 0.3) is 0 Å². The Morgan fingerprint density at radius 1 is 1.27 bits per heavy atom. The molecule has 2 aliphatic heterocycles. The fourth-order valence-electron chi connectivity index (χ4n) is 6.64. The second-order valence-corrected chi connectivity index (χ2v) is 9.07. The number of hydrogen-bond acceptors (Lipinski definition) is 5. The van der Waals surface area contributed by atoms with Crippen LogP contribution in [0.2, 0.25) is 0 Å². The quantitative estimate of drug-likeness (QED) is 0.848. The molecule has 1 aromatic rings. The number of nitrogens with zero attached hydrogens (tertiary/aromatic N) is 1. The highest BCUT2D eigenvalue weighted by Crippen LogP contribution is 2.64. The van der Waals surface area contributed by atoms with E-state index in [1.54, 1.807) is 6.07 Å². The number of carbonyl (C=O) groups excluding carboxylic acids is 1. The first-order valence-corrected chi connectivity index (χ1v) is 10.1. The van der Waals surface area contributed by atoms with E-state index in [9.17, 15) is 15.0 Å². The zero-order chi connectivity index (χ0) is 17.7. The first kappa shape index (κ1) is 15.5. The Bertz CT molecular complexity index is 818. The summed E-state index contributed by atoms with van der Waals surface area (Å²) in [7, 11) is 0. The molecular formula is C21H25NO4. The molecule has 4 atom stereocenters. The molecule has 5 aliphatic rings. The lowest BCUT2D eigenvalue weighted by Gasteiger charge is -2.63. The van der Waals surface area contributed by atoms with Crippen molar-refractivity contribution in [2.24, 2.45) is 5.92 Å². The molecule has 2 bridgehead atoms. The molecule has 0 radical (unpaired) electrons. The number of likely N-dealkylation sites (tertiary alicyclic amines) is 1. The van der Waals surface area contributed by atoms with E-state index < -0.39 is 17.1 Å². The van der Waals surface area contributed by atoms with Crippen molar-refractivity contribution in [1.82, 2.24) is 4.90 Å². The number of aromatic hydroxyl groups is 1. The fourth-order valence-corrected chi connectivity index (χ4v) is 6.64. The molecule has 5 nitrogen and oxygen atoms in total. The van der Waals surface area contributed by atoms with Crippen molar-refractivity contribution in [2.75, 3.05) is 13.1 Å². The zero-order valence-electron chi connectivity index (χ0n) is 14.9. The third-order valence-electron chi connectivity index (χ3n) is 8.09. The number of piperidine rings is 1. The standard InChI is InChI=1S/C21H25NO4/c23-14-5-4-13-10-16-21(25)7-6-15(24)19-20(21,17(13)18(14)26-19)8-9-22(16)11-12-2-1-3-12/h4-5,12,16,19,23,25H,1-3,6-11H2/t16?,19-,20?,21+/m0/s1. The van der Waals surface area contributed by atoms with Gasteiger partial charge in [-0.3, -0.25) is 9.69 Å². The molecule has 6 rings (SSSR count). The molecule has 2 unspecified atom stereocenters. The molecule has 3 fully saturated rings. The fraction of sp³-hybridized carbons (Fsp3) is 0.667. The van der Waals surface area contributed by atoms with Gasteiger partial charge >= 0.3 is 0 Å². The molecule has 0 amide bonds. The molecule has 0 aromatic heterocycles. The second-order valence-electron chi connectivity index (χ2n) is 9.07. The molecule has 1 spiro atoms. The van der Waals surface area contributed by atoms with Crippen molar-refractivity contribution in [3.63, 3.8) is 0 Å². The Morgan fingerprint density at radius 3 is 2.88 bits per heavy atom. The van der Waals surface area contributed by atoms with Gasteiger partial charge in [-0.1, -0.05) is 12.5 Å². The first-order valence-electron chi connectivity index (χ1n) is 10.1. The Kier molecular flexibility index (Phi) is 2.86. The van der Waals surface area contributed by atoms with E-state index in [0.717, 1.165) is 43.0 Å². The number of hydrogen-bond donors (Lipinski definition) is 2. The largest absolute Gasteiger partial charge is 0.504 e. The number of phenolic OH excluding ortho intramolecular Hbond substituents is 1. The number of benzene rings is 1. The van der Waals surface area contributed by atoms with Crippen LogP contribution in [0.3, 0.4) is 0 Å². The summed E-state index contributed by atoms with van der Waals surface area (Å²) in [4.78, 5) is 15.3. The van der Waals surface area contributed by atoms with Crippen molar-refractivity contribution in [1.29, 1.82) is 0 Å². The highest BCUT2D eigenvalue weighted by molar-refractivity contribution is 5.90. The summed E-state index contributed by atoms with van der Waals surface area (Å²) in [5.74, 6) is 1.37. The number of carbonyl (C=O) groups is 1. The summed E-state index contributed by atoms with van der Waals surface area (Å²) in [6, 6.07) is 3.70. The summed E-state index contributed by atoms with van der Waals surface area (Å²) in [6.07, 6.45) is 5.65. The van der Waals surface area contributed by atoms with Gasteiger partial charge < -0.3 is 14.9 Å². The smallest absolute Gasteiger partial charge is 0.174 e. The van der Waals surface area contributed by atoms with E-state index >= 15 is 0 Å². The Labute approximate surface area is 152 Å². The summed E-state index contributed by atoms with van der Waals surface area (Å²) >= 11 is 0. The number of rotatable bonds is 2. The van der Waals surface area contributed by atoms with E-state index in [0.29, 0.717) is 18.6 Å². The van der Waals surface area contributed by atoms with Crippen molar-refractivity contribution in [3.8, 4) is 11.5 Å². The maximum atomic E-state index is 12.8. The lowest BCUT2D eigenvalue weighted by Crippen LogP contribution is -2.76. The van der Waals surface area contributed by atoms with Crippen LogP contribution < -0.4 is 4.74 Å². The SMILES string of the molecule is O=C1CC[C@@]2(O)C3Cc4ccc(O)c5c4C2(CCN3CC2CCC2)[C@H]1O5. The van der Waals surface area contributed by atoms with Gasteiger partial charge in [-0.15, -0.1) is 0 Å². The number of aliphatic hydroxyl groups is 1. The number of ether oxygens (including phenoxy) is 1. The topological polar surface area (TPSA) is 70.0 Å². The van der Waals surface area contributed by atoms with E-state index in [1.165, 1.54) is 19.3 Å². The molecule has 1 aromatic carbocycles. The molecule has 26 heavy (non-hydrogen) atoms. The van der Waals surface area contributed by atoms with Crippen LogP contribution in [-0.2, 0) is 16.6 Å². The van der Waals surface area contributed by atoms with Gasteiger partial charge in [0.25, 0.3) is 0 Å². The van der Waals surface area contributed by atoms with Gasteiger partial charge in [0, 0.05) is 24.6 Å². The third-order valence-corrected chi connectivity index (χ3v) is 8.09. The molecular weight excluding hydrogens is 330 g/mol. The lowest BCUT2D eigenvalue weighted by molar-refractivity contribution is -0.190. The predicted octanol–water partition coefficient (Wildman–Crippen LogP) is 1.92. The summed E-state index contributed by atoms with van der Waals surface area (Å²) < 4.78 is 6.06. The van der Waals surface area contributed by atoms with Crippen LogP contribution in [0.5, 0.6) is 11.5 Å². The van der Waals surface area contributed by atoms with Gasteiger partial charge in [0.1, 0.15) is 0 Å². The normalized spacial score (nSPS) is 40.7. The second kappa shape index (κ2) is 4.82. The Balaban J connectivity index is 1.53. The number of ketones is 1. The monoisotopic (exact) mass is 355 g/mol.